The first-order valence-corrected chi connectivity index (χ1v) is 12.0. The molecule has 1 saturated carbocycles. The third-order valence-corrected chi connectivity index (χ3v) is 5.85. The van der Waals surface area contributed by atoms with Gasteiger partial charge in [0.2, 0.25) is 11.7 Å². The van der Waals surface area contributed by atoms with Crippen LogP contribution in [0.25, 0.3) is 11.4 Å². The number of aromatic nitrogens is 2. The number of nitrogens with zero attached hydrogens (tertiary/aromatic N) is 2. The Balaban J connectivity index is 0.000000914. The monoisotopic (exact) mass is 489 g/mol. The summed E-state index contributed by atoms with van der Waals surface area (Å²) in [7, 11) is 0. The second-order valence-corrected chi connectivity index (χ2v) is 7.96. The van der Waals surface area contributed by atoms with Crippen molar-refractivity contribution < 1.29 is 27.0 Å². The maximum absolute atomic E-state index is 13.6. The Morgan fingerprint density at radius 3 is 2.48 bits per heavy atom. The van der Waals surface area contributed by atoms with Crippen LogP contribution in [0.4, 0.5) is 13.2 Å². The van der Waals surface area contributed by atoms with Crippen molar-refractivity contribution in [3.8, 4) is 17.1 Å². The third kappa shape index (κ3) is 7.89. The van der Waals surface area contributed by atoms with Crippen LogP contribution >= 0.6 is 12.9 Å². The van der Waals surface area contributed by atoms with Gasteiger partial charge in [0.1, 0.15) is 5.75 Å². The quantitative estimate of drug-likeness (QED) is 0.301. The van der Waals surface area contributed by atoms with E-state index < -0.39 is 11.7 Å². The molecule has 2 aliphatic rings. The Bertz CT molecular complexity index is 821. The summed E-state index contributed by atoms with van der Waals surface area (Å²) in [6.45, 7) is 5.17. The van der Waals surface area contributed by atoms with Crippen LogP contribution in [0.3, 0.4) is 0 Å². The van der Waals surface area contributed by atoms with Gasteiger partial charge in [-0.2, -0.15) is 18.2 Å². The molecule has 1 aliphatic carbocycles. The fourth-order valence-corrected chi connectivity index (χ4v) is 4.22. The Morgan fingerprint density at radius 2 is 1.85 bits per heavy atom. The fraction of sp³-hybridized carbons (Fsp3) is 0.652. The lowest BCUT2D eigenvalue weighted by molar-refractivity contribution is -0.138. The van der Waals surface area contributed by atoms with Crippen molar-refractivity contribution in [2.75, 3.05) is 13.2 Å². The zero-order chi connectivity index (χ0) is 24.3. The first kappa shape index (κ1) is 27.5. The highest BCUT2D eigenvalue weighted by Crippen LogP contribution is 2.39. The second-order valence-electron chi connectivity index (χ2n) is 7.96. The standard InChI is InChI=1S/C21H26F3N3O2.C2H6.H2OS/c22-21(23,24)16-13-15(19-26-20(29-27-19)17-7-4-11-25-17)8-9-18(16)28-12-10-14-5-2-1-3-6-14;2*1-2/h8-9,13-14,17,25H,1-7,10-12H2;1-2H3;1-2H. The molecule has 186 valence electrons. The van der Waals surface area contributed by atoms with Gasteiger partial charge < -0.3 is 19.1 Å². The van der Waals surface area contributed by atoms with Gasteiger partial charge >= 0.3 is 6.18 Å². The molecular weight excluding hydrogens is 455 g/mol. The Kier molecular flexibility index (Phi) is 11.5. The van der Waals surface area contributed by atoms with E-state index in [4.69, 9.17) is 13.8 Å². The van der Waals surface area contributed by atoms with E-state index >= 15 is 0 Å². The normalized spacial score (nSPS) is 18.7. The molecule has 1 aliphatic heterocycles. The molecule has 2 N–H and O–H groups in total. The molecule has 0 spiro atoms. The Hall–Kier alpha value is -1.78. The molecule has 1 aromatic carbocycles. The van der Waals surface area contributed by atoms with Crippen molar-refractivity contribution in [3.63, 3.8) is 0 Å². The lowest BCUT2D eigenvalue weighted by Crippen LogP contribution is -2.13. The first-order valence-electron chi connectivity index (χ1n) is 11.6. The minimum Gasteiger partial charge on any atom is -0.493 e. The lowest BCUT2D eigenvalue weighted by Gasteiger charge is -2.22. The molecule has 4 rings (SSSR count). The van der Waals surface area contributed by atoms with E-state index in [2.05, 4.69) is 28.4 Å². The lowest BCUT2D eigenvalue weighted by atomic mass is 9.87. The number of alkyl halides is 3. The summed E-state index contributed by atoms with van der Waals surface area (Å²) in [6, 6.07) is 3.94. The van der Waals surface area contributed by atoms with Gasteiger partial charge in [-0.05, 0) is 62.8 Å². The molecule has 0 bridgehead atoms. The zero-order valence-electron chi connectivity index (χ0n) is 19.2. The predicted molar refractivity (Wildman–Crippen MR) is 124 cm³/mol. The largest absolute Gasteiger partial charge is 0.493 e. The third-order valence-electron chi connectivity index (χ3n) is 5.85. The maximum atomic E-state index is 13.6. The molecule has 2 fully saturated rings. The minimum atomic E-state index is -4.52. The van der Waals surface area contributed by atoms with Crippen molar-refractivity contribution in [1.29, 1.82) is 0 Å². The zero-order valence-corrected chi connectivity index (χ0v) is 20.1. The van der Waals surface area contributed by atoms with E-state index in [1.54, 1.807) is 6.07 Å². The Morgan fingerprint density at radius 1 is 1.12 bits per heavy atom. The highest BCUT2D eigenvalue weighted by Gasteiger charge is 2.35. The summed E-state index contributed by atoms with van der Waals surface area (Å²) < 4.78 is 58.4. The Labute approximate surface area is 198 Å². The van der Waals surface area contributed by atoms with Crippen molar-refractivity contribution in [2.24, 2.45) is 5.92 Å². The van der Waals surface area contributed by atoms with Gasteiger partial charge in [0, 0.05) is 5.56 Å². The molecule has 1 unspecified atom stereocenters. The average molecular weight is 490 g/mol. The highest BCUT2D eigenvalue weighted by atomic mass is 32.1. The predicted octanol–water partition coefficient (Wildman–Crippen LogP) is 6.94. The van der Waals surface area contributed by atoms with Gasteiger partial charge in [0.05, 0.1) is 18.2 Å². The molecule has 0 amide bonds. The van der Waals surface area contributed by atoms with Crippen LogP contribution in [0.2, 0.25) is 0 Å². The topological polar surface area (TPSA) is 80.4 Å². The number of benzene rings is 1. The van der Waals surface area contributed by atoms with Gasteiger partial charge in [-0.1, -0.05) is 51.1 Å². The fourth-order valence-electron chi connectivity index (χ4n) is 4.22. The van der Waals surface area contributed by atoms with Gasteiger partial charge in [0.15, 0.2) is 0 Å². The number of thiol groups is 1. The van der Waals surface area contributed by atoms with Gasteiger partial charge in [-0.3, -0.25) is 0 Å². The SMILES string of the molecule is CC.FC(F)(F)c1cc(-c2noc(C3CCCN3)n2)ccc1OCCC1CCCCC1.OS. The summed E-state index contributed by atoms with van der Waals surface area (Å²) in [5.41, 5.74) is -0.533. The van der Waals surface area contributed by atoms with Gasteiger partial charge in [0.25, 0.3) is 0 Å². The number of hydrogen-bond donors (Lipinski definition) is 3. The second kappa shape index (κ2) is 13.8. The summed E-state index contributed by atoms with van der Waals surface area (Å²) in [5, 5.41) is 7.11. The summed E-state index contributed by atoms with van der Waals surface area (Å²) >= 11 is 2.53. The van der Waals surface area contributed by atoms with Gasteiger partial charge in [-0.15, -0.1) is 0 Å². The summed E-state index contributed by atoms with van der Waals surface area (Å²) in [4.78, 5) is 4.29. The van der Waals surface area contributed by atoms with Crippen LogP contribution in [-0.4, -0.2) is 27.8 Å². The van der Waals surface area contributed by atoms with E-state index in [1.807, 2.05) is 13.8 Å². The van der Waals surface area contributed by atoms with Crippen LogP contribution in [0.15, 0.2) is 22.7 Å². The van der Waals surface area contributed by atoms with E-state index in [1.165, 1.54) is 25.3 Å². The maximum Gasteiger partial charge on any atom is 0.419 e. The molecule has 10 heteroatoms. The van der Waals surface area contributed by atoms with Crippen LogP contribution in [0.1, 0.15) is 82.7 Å². The summed E-state index contributed by atoms with van der Waals surface area (Å²) in [6.07, 6.45) is 4.11. The van der Waals surface area contributed by atoms with E-state index in [9.17, 15) is 13.2 Å². The van der Waals surface area contributed by atoms with E-state index in [-0.39, 0.29) is 23.2 Å². The van der Waals surface area contributed by atoms with Crippen LogP contribution in [0.5, 0.6) is 5.75 Å². The minimum absolute atomic E-state index is 0.0271. The highest BCUT2D eigenvalue weighted by molar-refractivity contribution is 7.74. The average Bonchev–Trinajstić information content (AvgIpc) is 3.54. The molecule has 1 atom stereocenters. The number of halogens is 3. The number of rotatable bonds is 6. The molecule has 6 nitrogen and oxygen atoms in total. The molecule has 1 aromatic heterocycles. The number of hydrogen-bond acceptors (Lipinski definition) is 7. The van der Waals surface area contributed by atoms with Crippen molar-refractivity contribution in [3.05, 3.63) is 29.7 Å². The molecule has 33 heavy (non-hydrogen) atoms. The van der Waals surface area contributed by atoms with E-state index in [0.717, 1.165) is 44.7 Å². The van der Waals surface area contributed by atoms with Crippen molar-refractivity contribution >= 4 is 12.9 Å². The van der Waals surface area contributed by atoms with E-state index in [0.29, 0.717) is 18.4 Å². The number of nitrogens with one attached hydrogen (secondary N) is 1. The van der Waals surface area contributed by atoms with Crippen molar-refractivity contribution in [2.45, 2.75) is 77.4 Å². The molecular formula is C23H34F3N3O3S. The molecule has 2 aromatic rings. The smallest absolute Gasteiger partial charge is 0.419 e. The van der Waals surface area contributed by atoms with Crippen molar-refractivity contribution in [1.82, 2.24) is 15.5 Å². The number of ether oxygens (including phenoxy) is 1. The van der Waals surface area contributed by atoms with Crippen LogP contribution in [0, 0.1) is 5.92 Å². The van der Waals surface area contributed by atoms with Crippen LogP contribution in [-0.2, 0) is 6.18 Å². The molecule has 2 heterocycles. The van der Waals surface area contributed by atoms with Gasteiger partial charge in [-0.25, -0.2) is 0 Å². The molecule has 1 saturated heterocycles. The van der Waals surface area contributed by atoms with Crippen LogP contribution < -0.4 is 10.1 Å². The molecule has 0 radical (unpaired) electrons. The summed E-state index contributed by atoms with van der Waals surface area (Å²) in [5.74, 6) is 0.990. The first-order chi connectivity index (χ1) is 16.0.